The Bertz CT molecular complexity index is 613. The lowest BCUT2D eigenvalue weighted by Gasteiger charge is -2.15. The Balaban J connectivity index is 3.61. The van der Waals surface area contributed by atoms with Gasteiger partial charge in [0, 0.05) is 12.8 Å². The highest BCUT2D eigenvalue weighted by atomic mass is 16.6. The number of aliphatic hydroxyl groups is 1. The zero-order valence-electron chi connectivity index (χ0n) is 26.4. The van der Waals surface area contributed by atoms with Gasteiger partial charge in [-0.2, -0.15) is 0 Å². The van der Waals surface area contributed by atoms with Crippen molar-refractivity contribution in [1.29, 1.82) is 0 Å². The minimum absolute atomic E-state index is 0.0682. The number of carbonyl (C=O) groups is 2. The lowest BCUT2D eigenvalue weighted by molar-refractivity contribution is -0.161. The first kappa shape index (κ1) is 38.4. The van der Waals surface area contributed by atoms with Crippen LogP contribution in [0.2, 0.25) is 0 Å². The first-order valence-electron chi connectivity index (χ1n) is 16.9. The Labute approximate surface area is 247 Å². The smallest absolute Gasteiger partial charge is 0.306 e. The first-order valence-corrected chi connectivity index (χ1v) is 16.9. The Kier molecular flexibility index (Phi) is 30.6. The van der Waals surface area contributed by atoms with Crippen LogP contribution >= 0.6 is 0 Å². The molecular formula is C35H64O5. The summed E-state index contributed by atoms with van der Waals surface area (Å²) in [5.41, 5.74) is 0. The summed E-state index contributed by atoms with van der Waals surface area (Å²) in [6, 6.07) is 0. The zero-order valence-corrected chi connectivity index (χ0v) is 26.4. The summed E-state index contributed by atoms with van der Waals surface area (Å²) in [6.07, 6.45) is 35.1. The van der Waals surface area contributed by atoms with Gasteiger partial charge in [0.1, 0.15) is 6.61 Å². The molecule has 5 heteroatoms. The van der Waals surface area contributed by atoms with Gasteiger partial charge in [-0.05, 0) is 44.9 Å². The summed E-state index contributed by atoms with van der Waals surface area (Å²) < 4.78 is 10.5. The predicted octanol–water partition coefficient (Wildman–Crippen LogP) is 9.95. The van der Waals surface area contributed by atoms with E-state index in [2.05, 4.69) is 38.2 Å². The quantitative estimate of drug-likeness (QED) is 0.0534. The van der Waals surface area contributed by atoms with E-state index in [-0.39, 0.29) is 25.2 Å². The lowest BCUT2D eigenvalue weighted by atomic mass is 10.1. The van der Waals surface area contributed by atoms with Crippen LogP contribution < -0.4 is 0 Å². The molecule has 0 spiro atoms. The third kappa shape index (κ3) is 29.4. The number of rotatable bonds is 30. The highest BCUT2D eigenvalue weighted by Crippen LogP contribution is 2.13. The summed E-state index contributed by atoms with van der Waals surface area (Å²) in [6.45, 7) is 4.08. The lowest BCUT2D eigenvalue weighted by Crippen LogP contribution is -2.28. The van der Waals surface area contributed by atoms with E-state index in [1.807, 2.05) is 0 Å². The van der Waals surface area contributed by atoms with Gasteiger partial charge in [0.15, 0.2) is 6.10 Å². The molecule has 0 aromatic rings. The van der Waals surface area contributed by atoms with Gasteiger partial charge in [-0.3, -0.25) is 9.59 Å². The molecule has 0 radical (unpaired) electrons. The van der Waals surface area contributed by atoms with Crippen molar-refractivity contribution in [2.45, 2.75) is 174 Å². The first-order chi connectivity index (χ1) is 19.6. The van der Waals surface area contributed by atoms with Gasteiger partial charge in [0.2, 0.25) is 0 Å². The third-order valence-corrected chi connectivity index (χ3v) is 7.25. The van der Waals surface area contributed by atoms with Crippen LogP contribution in [0.1, 0.15) is 168 Å². The van der Waals surface area contributed by atoms with Crippen LogP contribution in [0.5, 0.6) is 0 Å². The average molecular weight is 565 g/mol. The van der Waals surface area contributed by atoms with Crippen molar-refractivity contribution in [3.63, 3.8) is 0 Å². The van der Waals surface area contributed by atoms with Crippen molar-refractivity contribution in [3.05, 3.63) is 24.3 Å². The number of esters is 2. The van der Waals surface area contributed by atoms with E-state index in [1.54, 1.807) is 0 Å². The van der Waals surface area contributed by atoms with Gasteiger partial charge < -0.3 is 14.6 Å². The fourth-order valence-corrected chi connectivity index (χ4v) is 4.64. The van der Waals surface area contributed by atoms with Crippen molar-refractivity contribution < 1.29 is 24.2 Å². The van der Waals surface area contributed by atoms with Crippen LogP contribution in [0.25, 0.3) is 0 Å². The molecule has 0 amide bonds. The molecule has 0 heterocycles. The summed E-state index contributed by atoms with van der Waals surface area (Å²) in [7, 11) is 0. The molecule has 0 aliphatic heterocycles. The molecule has 40 heavy (non-hydrogen) atoms. The molecule has 0 saturated heterocycles. The van der Waals surface area contributed by atoms with Gasteiger partial charge in [0.25, 0.3) is 0 Å². The van der Waals surface area contributed by atoms with Crippen LogP contribution in [0.4, 0.5) is 0 Å². The van der Waals surface area contributed by atoms with Crippen molar-refractivity contribution in [2.24, 2.45) is 0 Å². The number of aliphatic hydroxyl groups excluding tert-OH is 1. The number of carbonyl (C=O) groups excluding carboxylic acids is 2. The normalized spacial score (nSPS) is 12.4. The highest BCUT2D eigenvalue weighted by Gasteiger charge is 2.16. The molecule has 0 fully saturated rings. The van der Waals surface area contributed by atoms with E-state index < -0.39 is 6.10 Å². The molecule has 0 aliphatic carbocycles. The third-order valence-electron chi connectivity index (χ3n) is 7.25. The molecule has 0 rings (SSSR count). The van der Waals surface area contributed by atoms with Gasteiger partial charge in [-0.1, -0.05) is 134 Å². The Morgan fingerprint density at radius 3 is 1.52 bits per heavy atom. The summed E-state index contributed by atoms with van der Waals surface area (Å²) in [5, 5.41) is 9.49. The molecule has 1 N–H and O–H groups in total. The topological polar surface area (TPSA) is 72.8 Å². The highest BCUT2D eigenvalue weighted by molar-refractivity contribution is 5.70. The summed E-state index contributed by atoms with van der Waals surface area (Å²) >= 11 is 0. The SMILES string of the molecule is CCCCC/C=C\C/C=C\CCCCCCCC(=O)O[C@@H](CO)COC(=O)CCCCCCCCCCCCC. The van der Waals surface area contributed by atoms with Gasteiger partial charge >= 0.3 is 11.9 Å². The maximum Gasteiger partial charge on any atom is 0.306 e. The fraction of sp³-hybridized carbons (Fsp3) is 0.829. The van der Waals surface area contributed by atoms with Gasteiger partial charge in [0.05, 0.1) is 6.61 Å². The Hall–Kier alpha value is -1.62. The molecule has 0 aliphatic rings. The van der Waals surface area contributed by atoms with Crippen molar-refractivity contribution >= 4 is 11.9 Å². The second-order valence-corrected chi connectivity index (χ2v) is 11.2. The van der Waals surface area contributed by atoms with E-state index >= 15 is 0 Å². The van der Waals surface area contributed by atoms with Crippen LogP contribution in [0, 0.1) is 0 Å². The number of ether oxygens (including phenoxy) is 2. The number of hydrogen-bond acceptors (Lipinski definition) is 5. The molecular weight excluding hydrogens is 500 g/mol. The standard InChI is InChI=1S/C35H64O5/c1-3-5-7-9-11-13-15-16-17-18-20-22-24-26-28-30-35(38)40-33(31-36)32-39-34(37)29-27-25-23-21-19-14-12-10-8-6-4-2/h11,13,16-17,33,36H,3-10,12,14-15,18-32H2,1-2H3/b13-11-,17-16-/t33-/m0/s1. The van der Waals surface area contributed by atoms with Crippen molar-refractivity contribution in [2.75, 3.05) is 13.2 Å². The monoisotopic (exact) mass is 564 g/mol. The Morgan fingerprint density at radius 2 is 1.00 bits per heavy atom. The maximum atomic E-state index is 12.1. The van der Waals surface area contributed by atoms with E-state index in [0.717, 1.165) is 51.4 Å². The molecule has 1 atom stereocenters. The number of hydrogen-bond donors (Lipinski definition) is 1. The van der Waals surface area contributed by atoms with Crippen molar-refractivity contribution in [3.8, 4) is 0 Å². The van der Waals surface area contributed by atoms with Gasteiger partial charge in [-0.25, -0.2) is 0 Å². The predicted molar refractivity (Wildman–Crippen MR) is 168 cm³/mol. The summed E-state index contributed by atoms with van der Waals surface area (Å²) in [5.74, 6) is -0.606. The largest absolute Gasteiger partial charge is 0.462 e. The molecule has 0 aromatic carbocycles. The van der Waals surface area contributed by atoms with Crippen LogP contribution in [-0.4, -0.2) is 36.4 Å². The molecule has 0 unspecified atom stereocenters. The zero-order chi connectivity index (χ0) is 29.4. The van der Waals surface area contributed by atoms with Crippen molar-refractivity contribution in [1.82, 2.24) is 0 Å². The Morgan fingerprint density at radius 1 is 0.575 bits per heavy atom. The maximum absolute atomic E-state index is 12.1. The number of allylic oxidation sites excluding steroid dienone is 4. The van der Waals surface area contributed by atoms with E-state index in [9.17, 15) is 14.7 Å². The molecule has 0 aromatic heterocycles. The molecule has 0 saturated carbocycles. The average Bonchev–Trinajstić information content (AvgIpc) is 2.96. The minimum Gasteiger partial charge on any atom is -0.462 e. The summed E-state index contributed by atoms with van der Waals surface area (Å²) in [4.78, 5) is 24.1. The number of unbranched alkanes of at least 4 members (excludes halogenated alkanes) is 18. The van der Waals surface area contributed by atoms with E-state index in [1.165, 1.54) is 89.9 Å². The van der Waals surface area contributed by atoms with E-state index in [4.69, 9.17) is 9.47 Å². The van der Waals surface area contributed by atoms with Crippen LogP contribution in [0.15, 0.2) is 24.3 Å². The second kappa shape index (κ2) is 31.9. The van der Waals surface area contributed by atoms with Gasteiger partial charge in [-0.15, -0.1) is 0 Å². The van der Waals surface area contributed by atoms with Crippen LogP contribution in [0.3, 0.4) is 0 Å². The van der Waals surface area contributed by atoms with E-state index in [0.29, 0.717) is 12.8 Å². The molecule has 234 valence electrons. The molecule has 5 nitrogen and oxygen atoms in total. The second-order valence-electron chi connectivity index (χ2n) is 11.2. The molecule has 0 bridgehead atoms. The fourth-order valence-electron chi connectivity index (χ4n) is 4.64. The van der Waals surface area contributed by atoms with Crippen LogP contribution in [-0.2, 0) is 19.1 Å². The minimum atomic E-state index is -0.772.